The van der Waals surface area contributed by atoms with Crippen LogP contribution in [0.3, 0.4) is 0 Å². The lowest BCUT2D eigenvalue weighted by Gasteiger charge is -2.19. The quantitative estimate of drug-likeness (QED) is 0.515. The van der Waals surface area contributed by atoms with E-state index in [1.54, 1.807) is 7.11 Å². The van der Waals surface area contributed by atoms with E-state index in [9.17, 15) is 4.79 Å². The van der Waals surface area contributed by atoms with Crippen molar-refractivity contribution < 1.29 is 19.0 Å². The highest BCUT2D eigenvalue weighted by molar-refractivity contribution is 7.99. The molecule has 0 saturated carbocycles. The number of thioether (sulfide) groups is 1. The smallest absolute Gasteiger partial charge is 0.316 e. The van der Waals surface area contributed by atoms with Crippen LogP contribution in [0.1, 0.15) is 33.6 Å². The third-order valence-electron chi connectivity index (χ3n) is 4.21. The molecule has 28 heavy (non-hydrogen) atoms. The number of aromatic nitrogens is 3. The van der Waals surface area contributed by atoms with Crippen molar-refractivity contribution in [2.45, 2.75) is 57.0 Å². The summed E-state index contributed by atoms with van der Waals surface area (Å²) in [6.07, 6.45) is 2.20. The molecule has 0 bridgehead atoms. The van der Waals surface area contributed by atoms with Gasteiger partial charge in [-0.2, -0.15) is 0 Å². The summed E-state index contributed by atoms with van der Waals surface area (Å²) in [5, 5.41) is 9.39. The molecule has 1 aromatic carbocycles. The zero-order chi connectivity index (χ0) is 20.1. The zero-order valence-corrected chi connectivity index (χ0v) is 17.6. The van der Waals surface area contributed by atoms with Crippen molar-refractivity contribution >= 4 is 17.7 Å². The van der Waals surface area contributed by atoms with Gasteiger partial charge in [0.05, 0.1) is 25.5 Å². The molecule has 1 atom stereocenters. The number of carbonyl (C=O) groups excluding carboxylic acids is 1. The lowest BCUT2D eigenvalue weighted by Crippen LogP contribution is -2.25. The molecule has 1 saturated heterocycles. The lowest BCUT2D eigenvalue weighted by atomic mass is 10.2. The third kappa shape index (κ3) is 5.48. The molecule has 1 aliphatic heterocycles. The highest BCUT2D eigenvalue weighted by atomic mass is 32.2. The maximum Gasteiger partial charge on any atom is 0.316 e. The molecule has 8 heteroatoms. The Kier molecular flexibility index (Phi) is 6.61. The fraction of sp³-hybridized carbons (Fsp3) is 0.550. The van der Waals surface area contributed by atoms with E-state index in [-0.39, 0.29) is 17.8 Å². The Hall–Kier alpha value is -2.06. The van der Waals surface area contributed by atoms with Gasteiger partial charge in [-0.25, -0.2) is 0 Å². The van der Waals surface area contributed by atoms with Crippen LogP contribution in [0.25, 0.3) is 11.4 Å². The standard InChI is InChI=1S/C20H27N3O4S/c1-20(2,3)27-17(24)13-28-19-22-21-18(14-7-9-15(25-4)10-8-14)23(19)12-16-6-5-11-26-16/h7-10,16H,5-6,11-13H2,1-4H3. The molecule has 3 rings (SSSR count). The van der Waals surface area contributed by atoms with E-state index in [4.69, 9.17) is 14.2 Å². The largest absolute Gasteiger partial charge is 0.497 e. The average molecular weight is 406 g/mol. The lowest BCUT2D eigenvalue weighted by molar-refractivity contribution is -0.151. The predicted octanol–water partition coefficient (Wildman–Crippen LogP) is 3.57. The Morgan fingerprint density at radius 3 is 2.64 bits per heavy atom. The molecule has 0 N–H and O–H groups in total. The van der Waals surface area contributed by atoms with Crippen LogP contribution < -0.4 is 4.74 Å². The van der Waals surface area contributed by atoms with E-state index in [0.29, 0.717) is 11.7 Å². The highest BCUT2D eigenvalue weighted by Gasteiger charge is 2.23. The first-order valence-electron chi connectivity index (χ1n) is 9.39. The van der Waals surface area contributed by atoms with Crippen LogP contribution in [0.5, 0.6) is 5.75 Å². The van der Waals surface area contributed by atoms with Crippen LogP contribution in [0.4, 0.5) is 0 Å². The number of hydrogen-bond acceptors (Lipinski definition) is 7. The van der Waals surface area contributed by atoms with Crippen LogP contribution in [-0.4, -0.2) is 51.9 Å². The van der Waals surface area contributed by atoms with Crippen LogP contribution in [0.2, 0.25) is 0 Å². The van der Waals surface area contributed by atoms with E-state index < -0.39 is 5.60 Å². The van der Waals surface area contributed by atoms with Gasteiger partial charge in [-0.15, -0.1) is 10.2 Å². The number of hydrogen-bond donors (Lipinski definition) is 0. The van der Waals surface area contributed by atoms with Crippen molar-refractivity contribution in [1.29, 1.82) is 0 Å². The van der Waals surface area contributed by atoms with Gasteiger partial charge in [-0.05, 0) is 57.9 Å². The second-order valence-corrected chi connectivity index (χ2v) is 8.60. The molecular formula is C20H27N3O4S. The summed E-state index contributed by atoms with van der Waals surface area (Å²) < 4.78 is 18.5. The summed E-state index contributed by atoms with van der Waals surface area (Å²) >= 11 is 1.34. The summed E-state index contributed by atoms with van der Waals surface area (Å²) in [6.45, 7) is 7.02. The van der Waals surface area contributed by atoms with E-state index >= 15 is 0 Å². The van der Waals surface area contributed by atoms with Gasteiger partial charge in [0.1, 0.15) is 11.4 Å². The number of nitrogens with zero attached hydrogens (tertiary/aromatic N) is 3. The molecule has 0 radical (unpaired) electrons. The van der Waals surface area contributed by atoms with E-state index in [1.165, 1.54) is 11.8 Å². The van der Waals surface area contributed by atoms with Gasteiger partial charge < -0.3 is 14.2 Å². The maximum absolute atomic E-state index is 12.1. The Labute approximate surface area is 169 Å². The van der Waals surface area contributed by atoms with Gasteiger partial charge in [0, 0.05) is 12.2 Å². The molecule has 0 amide bonds. The minimum Gasteiger partial charge on any atom is -0.497 e. The van der Waals surface area contributed by atoms with Crippen molar-refractivity contribution in [3.8, 4) is 17.1 Å². The molecule has 1 fully saturated rings. The van der Waals surface area contributed by atoms with Crippen molar-refractivity contribution in [3.63, 3.8) is 0 Å². The third-order valence-corrected chi connectivity index (χ3v) is 5.15. The summed E-state index contributed by atoms with van der Waals surface area (Å²) in [4.78, 5) is 12.1. The van der Waals surface area contributed by atoms with E-state index in [0.717, 1.165) is 36.6 Å². The normalized spacial score (nSPS) is 16.9. The van der Waals surface area contributed by atoms with Crippen LogP contribution in [-0.2, 0) is 20.8 Å². The summed E-state index contributed by atoms with van der Waals surface area (Å²) in [5.74, 6) is 1.46. The molecule has 1 aromatic heterocycles. The summed E-state index contributed by atoms with van der Waals surface area (Å²) in [7, 11) is 1.64. The first-order chi connectivity index (χ1) is 13.4. The van der Waals surface area contributed by atoms with Gasteiger partial charge in [0.15, 0.2) is 11.0 Å². The van der Waals surface area contributed by atoms with Crippen LogP contribution in [0.15, 0.2) is 29.4 Å². The minimum atomic E-state index is -0.503. The number of methoxy groups -OCH3 is 1. The summed E-state index contributed by atoms with van der Waals surface area (Å²) in [5.41, 5.74) is 0.437. The monoisotopic (exact) mass is 405 g/mol. The number of esters is 1. The average Bonchev–Trinajstić information content (AvgIpc) is 3.29. The van der Waals surface area contributed by atoms with Crippen molar-refractivity contribution in [3.05, 3.63) is 24.3 Å². The molecule has 2 aromatic rings. The van der Waals surface area contributed by atoms with Gasteiger partial charge in [0.25, 0.3) is 0 Å². The second kappa shape index (κ2) is 8.96. The van der Waals surface area contributed by atoms with E-state index in [1.807, 2.05) is 49.6 Å². The maximum atomic E-state index is 12.1. The van der Waals surface area contributed by atoms with Crippen molar-refractivity contribution in [1.82, 2.24) is 14.8 Å². The van der Waals surface area contributed by atoms with E-state index in [2.05, 4.69) is 10.2 Å². The SMILES string of the molecule is COc1ccc(-c2nnc(SCC(=O)OC(C)(C)C)n2CC2CCCO2)cc1. The molecule has 0 aliphatic carbocycles. The first-order valence-corrected chi connectivity index (χ1v) is 10.4. The minimum absolute atomic E-state index is 0.133. The van der Waals surface area contributed by atoms with Crippen LogP contribution in [0, 0.1) is 0 Å². The van der Waals surface area contributed by atoms with Crippen molar-refractivity contribution in [2.75, 3.05) is 19.5 Å². The Morgan fingerprint density at radius 2 is 2.04 bits per heavy atom. The molecule has 1 aliphatic rings. The molecule has 152 valence electrons. The molecule has 1 unspecified atom stereocenters. The fourth-order valence-electron chi connectivity index (χ4n) is 3.00. The number of benzene rings is 1. The predicted molar refractivity (Wildman–Crippen MR) is 108 cm³/mol. The Balaban J connectivity index is 1.80. The second-order valence-electron chi connectivity index (χ2n) is 7.66. The fourth-order valence-corrected chi connectivity index (χ4v) is 3.72. The highest BCUT2D eigenvalue weighted by Crippen LogP contribution is 2.28. The Bertz CT molecular complexity index is 793. The van der Waals surface area contributed by atoms with Gasteiger partial charge >= 0.3 is 5.97 Å². The topological polar surface area (TPSA) is 75.5 Å². The number of carbonyl (C=O) groups is 1. The van der Waals surface area contributed by atoms with Gasteiger partial charge in [-0.1, -0.05) is 11.8 Å². The molecular weight excluding hydrogens is 378 g/mol. The zero-order valence-electron chi connectivity index (χ0n) is 16.8. The molecule has 0 spiro atoms. The van der Waals surface area contributed by atoms with Gasteiger partial charge in [0.2, 0.25) is 0 Å². The van der Waals surface area contributed by atoms with Gasteiger partial charge in [-0.3, -0.25) is 9.36 Å². The number of ether oxygens (including phenoxy) is 3. The number of rotatable bonds is 7. The molecule has 2 heterocycles. The molecule has 7 nitrogen and oxygen atoms in total. The van der Waals surface area contributed by atoms with Crippen molar-refractivity contribution in [2.24, 2.45) is 0 Å². The first kappa shape index (κ1) is 20.7. The van der Waals surface area contributed by atoms with Crippen LogP contribution >= 0.6 is 11.8 Å². The summed E-state index contributed by atoms with van der Waals surface area (Å²) in [6, 6.07) is 7.70. The Morgan fingerprint density at radius 1 is 1.29 bits per heavy atom.